The smallest absolute Gasteiger partial charge is 0.219 e. The van der Waals surface area contributed by atoms with E-state index in [1.54, 1.807) is 19.2 Å². The van der Waals surface area contributed by atoms with Gasteiger partial charge in [-0.15, -0.1) is 0 Å². The number of hydrogen-bond acceptors (Lipinski definition) is 5. The van der Waals surface area contributed by atoms with Crippen molar-refractivity contribution in [3.05, 3.63) is 65.2 Å². The number of ether oxygens (including phenoxy) is 1. The van der Waals surface area contributed by atoms with Crippen LogP contribution in [0.2, 0.25) is 0 Å². The number of nitrogens with zero attached hydrogens (tertiary/aromatic N) is 1. The van der Waals surface area contributed by atoms with E-state index in [0.29, 0.717) is 5.75 Å². The molecule has 2 atom stereocenters. The lowest BCUT2D eigenvalue weighted by Crippen LogP contribution is -2.39. The van der Waals surface area contributed by atoms with E-state index in [1.807, 2.05) is 55.5 Å². The first-order valence-electron chi connectivity index (χ1n) is 8.44. The summed E-state index contributed by atoms with van der Waals surface area (Å²) in [5, 5.41) is 0.898. The SMILES string of the molecule is COc1cccc(C2C(S(=O)(=O)NCc3cccc(C)c3)CON2C)c1. The highest BCUT2D eigenvalue weighted by Crippen LogP contribution is 2.34. The van der Waals surface area contributed by atoms with Crippen LogP contribution in [0, 0.1) is 6.92 Å². The summed E-state index contributed by atoms with van der Waals surface area (Å²) in [6.07, 6.45) is 0. The highest BCUT2D eigenvalue weighted by molar-refractivity contribution is 7.90. The van der Waals surface area contributed by atoms with Gasteiger partial charge in [-0.3, -0.25) is 4.84 Å². The van der Waals surface area contributed by atoms with E-state index in [1.165, 1.54) is 0 Å². The standard InChI is InChI=1S/C19H24N2O4S/c1-14-6-4-7-15(10-14)12-20-26(22,23)18-13-25-21(2)19(18)16-8-5-9-17(11-16)24-3/h4-11,18-20H,12-13H2,1-3H3. The Morgan fingerprint density at radius 3 is 2.73 bits per heavy atom. The molecule has 7 heteroatoms. The number of rotatable bonds is 6. The second-order valence-electron chi connectivity index (χ2n) is 6.46. The average molecular weight is 376 g/mol. The van der Waals surface area contributed by atoms with Crippen LogP contribution >= 0.6 is 0 Å². The molecule has 1 saturated heterocycles. The predicted molar refractivity (Wildman–Crippen MR) is 100 cm³/mol. The van der Waals surface area contributed by atoms with Gasteiger partial charge < -0.3 is 4.74 Å². The normalized spacial score (nSPS) is 21.0. The molecule has 0 spiro atoms. The maximum atomic E-state index is 12.9. The summed E-state index contributed by atoms with van der Waals surface area (Å²) in [6, 6.07) is 14.8. The maximum absolute atomic E-state index is 12.9. The lowest BCUT2D eigenvalue weighted by molar-refractivity contribution is -0.110. The van der Waals surface area contributed by atoms with Crippen molar-refractivity contribution >= 4 is 10.0 Å². The summed E-state index contributed by atoms with van der Waals surface area (Å²) in [5.41, 5.74) is 2.87. The lowest BCUT2D eigenvalue weighted by atomic mass is 10.0. The zero-order chi connectivity index (χ0) is 18.7. The maximum Gasteiger partial charge on any atom is 0.219 e. The van der Waals surface area contributed by atoms with Crippen molar-refractivity contribution in [3.63, 3.8) is 0 Å². The van der Waals surface area contributed by atoms with Crippen molar-refractivity contribution < 1.29 is 18.0 Å². The van der Waals surface area contributed by atoms with Crippen LogP contribution in [0.4, 0.5) is 0 Å². The van der Waals surface area contributed by atoms with Gasteiger partial charge in [0.2, 0.25) is 10.0 Å². The molecule has 0 radical (unpaired) electrons. The molecule has 2 unspecified atom stereocenters. The van der Waals surface area contributed by atoms with Gasteiger partial charge in [-0.25, -0.2) is 13.1 Å². The van der Waals surface area contributed by atoms with E-state index < -0.39 is 21.3 Å². The topological polar surface area (TPSA) is 67.9 Å². The quantitative estimate of drug-likeness (QED) is 0.839. The van der Waals surface area contributed by atoms with Gasteiger partial charge in [0, 0.05) is 13.6 Å². The average Bonchev–Trinajstić information content (AvgIpc) is 3.03. The largest absolute Gasteiger partial charge is 0.497 e. The second kappa shape index (κ2) is 7.75. The molecule has 0 saturated carbocycles. The first-order valence-corrected chi connectivity index (χ1v) is 9.99. The molecule has 0 bridgehead atoms. The zero-order valence-electron chi connectivity index (χ0n) is 15.2. The molecule has 1 fully saturated rings. The molecule has 0 aliphatic carbocycles. The number of benzene rings is 2. The summed E-state index contributed by atoms with van der Waals surface area (Å²) >= 11 is 0. The molecule has 0 amide bonds. The van der Waals surface area contributed by atoms with E-state index in [-0.39, 0.29) is 13.2 Å². The van der Waals surface area contributed by atoms with Crippen LogP contribution in [0.25, 0.3) is 0 Å². The fourth-order valence-corrected chi connectivity index (χ4v) is 4.71. The fourth-order valence-electron chi connectivity index (χ4n) is 3.22. The van der Waals surface area contributed by atoms with Gasteiger partial charge in [-0.2, -0.15) is 5.06 Å². The molecule has 1 N–H and O–H groups in total. The molecule has 1 aliphatic heterocycles. The van der Waals surface area contributed by atoms with Gasteiger partial charge in [0.05, 0.1) is 19.8 Å². The number of hydrogen-bond donors (Lipinski definition) is 1. The lowest BCUT2D eigenvalue weighted by Gasteiger charge is -2.23. The van der Waals surface area contributed by atoms with Crippen LogP contribution < -0.4 is 9.46 Å². The van der Waals surface area contributed by atoms with Crippen molar-refractivity contribution in [1.29, 1.82) is 0 Å². The third kappa shape index (κ3) is 4.07. The first kappa shape index (κ1) is 18.8. The number of nitrogens with one attached hydrogen (secondary N) is 1. The molecule has 3 rings (SSSR count). The predicted octanol–water partition coefficient (Wildman–Crippen LogP) is 2.41. The molecule has 2 aromatic rings. The van der Waals surface area contributed by atoms with E-state index in [2.05, 4.69) is 4.72 Å². The second-order valence-corrected chi connectivity index (χ2v) is 8.44. The van der Waals surface area contributed by atoms with Gasteiger partial charge in [0.25, 0.3) is 0 Å². The monoisotopic (exact) mass is 376 g/mol. The molecule has 6 nitrogen and oxygen atoms in total. The van der Waals surface area contributed by atoms with Crippen molar-refractivity contribution in [2.75, 3.05) is 20.8 Å². The van der Waals surface area contributed by atoms with Crippen molar-refractivity contribution in [1.82, 2.24) is 9.79 Å². The van der Waals surface area contributed by atoms with Crippen LogP contribution in [0.3, 0.4) is 0 Å². The van der Waals surface area contributed by atoms with Crippen LogP contribution in [-0.4, -0.2) is 39.5 Å². The highest BCUT2D eigenvalue weighted by Gasteiger charge is 2.43. The van der Waals surface area contributed by atoms with Gasteiger partial charge in [0.1, 0.15) is 11.0 Å². The molecular formula is C19H24N2O4S. The number of hydroxylamine groups is 2. The third-order valence-corrected chi connectivity index (χ3v) is 6.32. The molecule has 0 aromatic heterocycles. The van der Waals surface area contributed by atoms with Crippen LogP contribution in [0.5, 0.6) is 5.75 Å². The molecule has 1 aliphatic rings. The summed E-state index contributed by atoms with van der Waals surface area (Å²) in [7, 11) is -0.239. The summed E-state index contributed by atoms with van der Waals surface area (Å²) < 4.78 is 33.8. The van der Waals surface area contributed by atoms with Crippen molar-refractivity contribution in [2.45, 2.75) is 24.8 Å². The number of aryl methyl sites for hydroxylation is 1. The molecule has 140 valence electrons. The van der Waals surface area contributed by atoms with E-state index >= 15 is 0 Å². The van der Waals surface area contributed by atoms with Crippen LogP contribution in [-0.2, 0) is 21.4 Å². The molecule has 1 heterocycles. The van der Waals surface area contributed by atoms with E-state index in [9.17, 15) is 8.42 Å². The summed E-state index contributed by atoms with van der Waals surface area (Å²) in [5.74, 6) is 0.687. The Kier molecular flexibility index (Phi) is 5.62. The Labute approximate surface area is 154 Å². The van der Waals surface area contributed by atoms with Crippen molar-refractivity contribution in [2.24, 2.45) is 0 Å². The van der Waals surface area contributed by atoms with Crippen LogP contribution in [0.15, 0.2) is 48.5 Å². The fraction of sp³-hybridized carbons (Fsp3) is 0.368. The summed E-state index contributed by atoms with van der Waals surface area (Å²) in [4.78, 5) is 5.54. The number of sulfonamides is 1. The molecular weight excluding hydrogens is 352 g/mol. The van der Waals surface area contributed by atoms with E-state index in [0.717, 1.165) is 16.7 Å². The molecule has 26 heavy (non-hydrogen) atoms. The minimum Gasteiger partial charge on any atom is -0.497 e. The first-order chi connectivity index (χ1) is 12.4. The Balaban J connectivity index is 1.80. The van der Waals surface area contributed by atoms with E-state index in [4.69, 9.17) is 9.57 Å². The van der Waals surface area contributed by atoms with Crippen LogP contribution in [0.1, 0.15) is 22.7 Å². The van der Waals surface area contributed by atoms with Crippen molar-refractivity contribution in [3.8, 4) is 5.75 Å². The number of methoxy groups -OCH3 is 1. The third-order valence-electron chi connectivity index (χ3n) is 4.58. The Morgan fingerprint density at radius 2 is 2.00 bits per heavy atom. The Bertz CT molecular complexity index is 869. The molecule has 2 aromatic carbocycles. The minimum absolute atomic E-state index is 0.113. The van der Waals surface area contributed by atoms with Gasteiger partial charge in [-0.1, -0.05) is 42.0 Å². The Morgan fingerprint density at radius 1 is 1.23 bits per heavy atom. The van der Waals surface area contributed by atoms with Gasteiger partial charge in [-0.05, 0) is 30.2 Å². The highest BCUT2D eigenvalue weighted by atomic mass is 32.2. The Hall–Kier alpha value is -1.93. The minimum atomic E-state index is -3.58. The van der Waals surface area contributed by atoms with Gasteiger partial charge >= 0.3 is 0 Å². The zero-order valence-corrected chi connectivity index (χ0v) is 16.0. The van der Waals surface area contributed by atoms with Gasteiger partial charge in [0.15, 0.2) is 0 Å². The summed E-state index contributed by atoms with van der Waals surface area (Å²) in [6.45, 7) is 2.35.